The Balaban J connectivity index is 2.20. The Morgan fingerprint density at radius 3 is 2.08 bits per heavy atom. The Morgan fingerprint density at radius 2 is 1.60 bits per heavy atom. The quantitative estimate of drug-likeness (QED) is 0.489. The van der Waals surface area contributed by atoms with Gasteiger partial charge >= 0.3 is 5.92 Å². The molecular formula is C15H10BrF6NOS. The average Bonchev–Trinajstić information content (AvgIpc) is 3.12. The van der Waals surface area contributed by atoms with Crippen molar-refractivity contribution in [2.75, 3.05) is 7.11 Å². The molecule has 0 unspecified atom stereocenters. The van der Waals surface area contributed by atoms with Crippen LogP contribution in [0.4, 0.5) is 24.3 Å². The number of ether oxygens (including phenoxy) is 1. The summed E-state index contributed by atoms with van der Waals surface area (Å²) >= 11 is 2.87. The third-order valence-electron chi connectivity index (χ3n) is 3.67. The lowest BCUT2D eigenvalue weighted by atomic mass is 10.1. The number of methoxy groups -OCH3 is 1. The molecule has 0 radical (unpaired) electrons. The molecule has 0 N–H and O–H groups in total. The topological polar surface area (TPSA) is 22.1 Å². The first kappa shape index (κ1) is 18.1. The van der Waals surface area contributed by atoms with Gasteiger partial charge in [-0.05, 0) is 45.8 Å². The number of allylic oxidation sites excluding steroid dienone is 2. The van der Waals surface area contributed by atoms with E-state index in [0.717, 1.165) is 18.2 Å². The van der Waals surface area contributed by atoms with E-state index >= 15 is 0 Å². The molecule has 0 fully saturated rings. The number of halogens is 7. The second kappa shape index (κ2) is 4.73. The number of hydrogen-bond donors (Lipinski definition) is 0. The van der Waals surface area contributed by atoms with Crippen molar-refractivity contribution in [2.24, 2.45) is 0 Å². The molecule has 136 valence electrons. The van der Waals surface area contributed by atoms with Gasteiger partial charge < -0.3 is 4.74 Å². The van der Waals surface area contributed by atoms with Gasteiger partial charge in [-0.1, -0.05) is 12.1 Å². The zero-order valence-electron chi connectivity index (χ0n) is 12.5. The average molecular weight is 446 g/mol. The van der Waals surface area contributed by atoms with Crippen LogP contribution in [0.25, 0.3) is 5.57 Å². The van der Waals surface area contributed by atoms with Crippen LogP contribution >= 0.6 is 25.8 Å². The van der Waals surface area contributed by atoms with Crippen LogP contribution in [0, 0.1) is 0 Å². The monoisotopic (exact) mass is 445 g/mol. The van der Waals surface area contributed by atoms with Gasteiger partial charge in [0.1, 0.15) is 10.7 Å². The number of rotatable bonds is 4. The van der Waals surface area contributed by atoms with Crippen molar-refractivity contribution in [3.05, 3.63) is 57.5 Å². The number of benzene rings is 1. The van der Waals surface area contributed by atoms with Crippen molar-refractivity contribution in [1.82, 2.24) is 4.98 Å². The molecule has 3 rings (SSSR count). The van der Waals surface area contributed by atoms with Crippen LogP contribution in [-0.2, 0) is 0 Å². The highest BCUT2D eigenvalue weighted by molar-refractivity contribution is 9.10. The van der Waals surface area contributed by atoms with E-state index in [-0.39, 0.29) is 10.2 Å². The van der Waals surface area contributed by atoms with E-state index in [1.165, 1.54) is 19.2 Å². The molecular weight excluding hydrogens is 436 g/mol. The Hall–Kier alpha value is -1.68. The van der Waals surface area contributed by atoms with Crippen molar-refractivity contribution < 1.29 is 29.1 Å². The maximum atomic E-state index is 14.6. The van der Waals surface area contributed by atoms with Crippen LogP contribution in [0.5, 0.6) is 5.75 Å². The summed E-state index contributed by atoms with van der Waals surface area (Å²) < 4.78 is 91.3. The molecule has 0 spiro atoms. The first-order valence-corrected chi connectivity index (χ1v) is 9.55. The molecule has 0 saturated carbocycles. The van der Waals surface area contributed by atoms with Crippen molar-refractivity contribution >= 4 is 31.3 Å². The van der Waals surface area contributed by atoms with E-state index in [2.05, 4.69) is 20.9 Å². The molecule has 25 heavy (non-hydrogen) atoms. The number of hydrogen-bond acceptors (Lipinski definition) is 2. The Morgan fingerprint density at radius 1 is 1.00 bits per heavy atom. The van der Waals surface area contributed by atoms with Crippen LogP contribution in [-0.4, -0.2) is 18.0 Å². The van der Waals surface area contributed by atoms with Gasteiger partial charge in [-0.3, -0.25) is 0 Å². The van der Waals surface area contributed by atoms with Gasteiger partial charge in [-0.2, -0.15) is 8.78 Å². The van der Waals surface area contributed by atoms with E-state index in [9.17, 15) is 24.3 Å². The lowest BCUT2D eigenvalue weighted by molar-refractivity contribution is 0.151. The standard InChI is InChI=1S/C15H10BrF6NOS/c1-24-11-5-2-9(3-6-11)13-14(15(13,17)18)25(19,20,21,22)12-7-4-10(16)8-23-12/h2-8H,1H3. The van der Waals surface area contributed by atoms with Crippen molar-refractivity contribution in [1.29, 1.82) is 0 Å². The van der Waals surface area contributed by atoms with Crippen LogP contribution in [0.1, 0.15) is 5.56 Å². The highest BCUT2D eigenvalue weighted by atomic mass is 79.9. The molecule has 1 aromatic heterocycles. The third-order valence-corrected chi connectivity index (χ3v) is 6.51. The Bertz CT molecular complexity index is 889. The van der Waals surface area contributed by atoms with Crippen LogP contribution in [0.3, 0.4) is 0 Å². The molecule has 0 atom stereocenters. The fourth-order valence-electron chi connectivity index (χ4n) is 2.46. The van der Waals surface area contributed by atoms with Gasteiger partial charge in [-0.15, -0.1) is 15.5 Å². The van der Waals surface area contributed by atoms with Crippen molar-refractivity contribution in [3.8, 4) is 5.75 Å². The Kier molecular flexibility index (Phi) is 3.43. The summed E-state index contributed by atoms with van der Waals surface area (Å²) in [6, 6.07) is 5.74. The molecule has 1 aliphatic rings. The molecule has 1 heterocycles. The van der Waals surface area contributed by atoms with Gasteiger partial charge in [0.2, 0.25) is 9.84 Å². The molecule has 2 nitrogen and oxygen atoms in total. The number of pyridine rings is 1. The van der Waals surface area contributed by atoms with Crippen molar-refractivity contribution in [3.63, 3.8) is 0 Å². The second-order valence-electron chi connectivity index (χ2n) is 5.39. The van der Waals surface area contributed by atoms with Gasteiger partial charge in [0.15, 0.2) is 5.03 Å². The predicted molar refractivity (Wildman–Crippen MR) is 87.1 cm³/mol. The van der Waals surface area contributed by atoms with E-state index in [4.69, 9.17) is 4.74 Å². The molecule has 0 amide bonds. The van der Waals surface area contributed by atoms with Gasteiger partial charge in [0.25, 0.3) is 0 Å². The normalized spacial score (nSPS) is 19.2. The first-order valence-electron chi connectivity index (χ1n) is 6.71. The first-order chi connectivity index (χ1) is 11.3. The molecule has 1 aliphatic carbocycles. The molecule has 0 aliphatic heterocycles. The van der Waals surface area contributed by atoms with Gasteiger partial charge in [-0.25, -0.2) is 4.98 Å². The zero-order valence-corrected chi connectivity index (χ0v) is 14.9. The molecule has 1 aromatic carbocycles. The smallest absolute Gasteiger partial charge is 0.312 e. The number of alkyl halides is 2. The predicted octanol–water partition coefficient (Wildman–Crippen LogP) is 6.69. The molecule has 0 bridgehead atoms. The van der Waals surface area contributed by atoms with E-state index in [0.29, 0.717) is 12.3 Å². The van der Waals surface area contributed by atoms with Gasteiger partial charge in [0.05, 0.1) is 12.7 Å². The lowest BCUT2D eigenvalue weighted by Crippen LogP contribution is -2.18. The highest BCUT2D eigenvalue weighted by Crippen LogP contribution is 3.09. The van der Waals surface area contributed by atoms with E-state index < -0.39 is 36.8 Å². The SMILES string of the molecule is COc1ccc(C2=C(S(F)(F)(F)(F)c3ccc(Br)cn3)C2(F)F)cc1. The minimum absolute atomic E-state index is 0.163. The summed E-state index contributed by atoms with van der Waals surface area (Å²) in [5.41, 5.74) is -1.80. The number of nitrogens with zero attached hydrogens (tertiary/aromatic N) is 1. The summed E-state index contributed by atoms with van der Waals surface area (Å²) in [5, 5.41) is -1.96. The highest BCUT2D eigenvalue weighted by Gasteiger charge is 2.84. The fraction of sp³-hybridized carbons (Fsp3) is 0.133. The largest absolute Gasteiger partial charge is 0.497 e. The lowest BCUT2D eigenvalue weighted by Gasteiger charge is -2.47. The fourth-order valence-corrected chi connectivity index (χ4v) is 4.73. The summed E-state index contributed by atoms with van der Waals surface area (Å²) in [4.78, 5) is 0.542. The minimum Gasteiger partial charge on any atom is -0.497 e. The molecule has 2 aromatic rings. The minimum atomic E-state index is -9.45. The maximum absolute atomic E-state index is 14.6. The summed E-state index contributed by atoms with van der Waals surface area (Å²) in [7, 11) is -8.13. The van der Waals surface area contributed by atoms with Crippen LogP contribution in [0.15, 0.2) is 57.0 Å². The summed E-state index contributed by atoms with van der Waals surface area (Å²) in [5.74, 6) is -4.14. The molecule has 0 saturated heterocycles. The molecule has 10 heteroatoms. The van der Waals surface area contributed by atoms with E-state index in [1.807, 2.05) is 0 Å². The van der Waals surface area contributed by atoms with Crippen molar-refractivity contribution in [2.45, 2.75) is 10.9 Å². The maximum Gasteiger partial charge on any atom is 0.312 e. The van der Waals surface area contributed by atoms with Crippen LogP contribution in [0.2, 0.25) is 0 Å². The summed E-state index contributed by atoms with van der Waals surface area (Å²) in [6.45, 7) is 0. The zero-order chi connectivity index (χ0) is 18.7. The number of aromatic nitrogens is 1. The third kappa shape index (κ3) is 2.71. The Labute approximate surface area is 147 Å². The van der Waals surface area contributed by atoms with Crippen LogP contribution < -0.4 is 4.74 Å². The second-order valence-corrected chi connectivity index (χ2v) is 9.27. The van der Waals surface area contributed by atoms with E-state index in [1.54, 1.807) is 0 Å². The van der Waals surface area contributed by atoms with Gasteiger partial charge in [0, 0.05) is 10.7 Å². The summed E-state index contributed by atoms with van der Waals surface area (Å²) in [6.07, 6.45) is 0.710.